The van der Waals surface area contributed by atoms with Crippen LogP contribution in [0.1, 0.15) is 5.69 Å². The molecule has 2 aromatic heterocycles. The van der Waals surface area contributed by atoms with E-state index in [0.717, 1.165) is 10.9 Å². The first-order valence-corrected chi connectivity index (χ1v) is 9.38. The molecule has 0 saturated heterocycles. The Balaban J connectivity index is 1.76. The van der Waals surface area contributed by atoms with Gasteiger partial charge in [-0.2, -0.15) is 5.26 Å². The molecule has 3 nitrogen and oxygen atoms in total. The minimum absolute atomic E-state index is 0.687. The Hall–Kier alpha value is -3.77. The highest BCUT2D eigenvalue weighted by Crippen LogP contribution is 2.35. The van der Waals surface area contributed by atoms with E-state index < -0.39 is 0 Å². The topological polar surface area (TPSA) is 33.6 Å². The van der Waals surface area contributed by atoms with Crippen molar-refractivity contribution in [2.24, 2.45) is 14.1 Å². The van der Waals surface area contributed by atoms with Gasteiger partial charge in [-0.25, -0.2) is 0 Å². The minimum atomic E-state index is 0.687. The number of nitrogens with zero attached hydrogens (tertiary/aromatic N) is 3. The second kappa shape index (κ2) is 5.15. The number of aromatic nitrogens is 2. The zero-order chi connectivity index (χ0) is 19.0. The fourth-order valence-electron chi connectivity index (χ4n) is 4.58. The predicted octanol–water partition coefficient (Wildman–Crippen LogP) is 6.00. The van der Waals surface area contributed by atoms with Crippen LogP contribution in [-0.2, 0) is 14.1 Å². The zero-order valence-corrected chi connectivity index (χ0v) is 15.7. The van der Waals surface area contributed by atoms with E-state index in [2.05, 4.69) is 78.5 Å². The quantitative estimate of drug-likeness (QED) is 0.306. The van der Waals surface area contributed by atoms with Gasteiger partial charge >= 0.3 is 0 Å². The molecule has 132 valence electrons. The number of rotatable bonds is 0. The summed E-state index contributed by atoms with van der Waals surface area (Å²) in [6, 6.07) is 24.3. The Morgan fingerprint density at radius 2 is 1.29 bits per heavy atom. The molecule has 0 saturated carbocycles. The van der Waals surface area contributed by atoms with E-state index in [4.69, 9.17) is 0 Å². The van der Waals surface area contributed by atoms with E-state index in [0.29, 0.717) is 5.69 Å². The third-order valence-corrected chi connectivity index (χ3v) is 6.11. The van der Waals surface area contributed by atoms with Crippen LogP contribution >= 0.6 is 0 Å². The van der Waals surface area contributed by atoms with Gasteiger partial charge in [-0.15, -0.1) is 0 Å². The van der Waals surface area contributed by atoms with E-state index in [1.807, 2.05) is 17.7 Å². The minimum Gasteiger partial charge on any atom is -0.351 e. The van der Waals surface area contributed by atoms with Crippen LogP contribution in [-0.4, -0.2) is 9.13 Å². The van der Waals surface area contributed by atoms with Crippen LogP contribution in [0.3, 0.4) is 0 Å². The van der Waals surface area contributed by atoms with E-state index in [1.54, 1.807) is 0 Å². The predicted molar refractivity (Wildman–Crippen MR) is 117 cm³/mol. The van der Waals surface area contributed by atoms with Gasteiger partial charge in [0.05, 0.1) is 0 Å². The summed E-state index contributed by atoms with van der Waals surface area (Å²) >= 11 is 0. The van der Waals surface area contributed by atoms with Crippen molar-refractivity contribution >= 4 is 54.1 Å². The first-order valence-electron chi connectivity index (χ1n) is 9.38. The van der Waals surface area contributed by atoms with Crippen LogP contribution in [0, 0.1) is 11.3 Å². The largest absolute Gasteiger partial charge is 0.351 e. The number of aryl methyl sites for hydroxylation is 2. The van der Waals surface area contributed by atoms with Gasteiger partial charge < -0.3 is 9.13 Å². The van der Waals surface area contributed by atoms with Gasteiger partial charge in [0, 0.05) is 42.1 Å². The smallest absolute Gasteiger partial charge is 0.121 e. The SMILES string of the molecule is Cn1ccc2cc3c(ccc4c5cc6cc(C#N)n(C)c6cc5ccc34)cc21. The highest BCUT2D eigenvalue weighted by molar-refractivity contribution is 6.20. The van der Waals surface area contributed by atoms with Crippen LogP contribution in [0.15, 0.2) is 66.9 Å². The van der Waals surface area contributed by atoms with Gasteiger partial charge in [0.15, 0.2) is 0 Å². The molecule has 0 amide bonds. The lowest BCUT2D eigenvalue weighted by Gasteiger charge is -2.09. The Kier molecular flexibility index (Phi) is 2.81. The molecule has 0 unspecified atom stereocenters. The maximum atomic E-state index is 9.36. The lowest BCUT2D eigenvalue weighted by molar-refractivity contribution is 0.948. The van der Waals surface area contributed by atoms with Crippen molar-refractivity contribution in [2.45, 2.75) is 0 Å². The van der Waals surface area contributed by atoms with Crippen molar-refractivity contribution in [3.63, 3.8) is 0 Å². The summed E-state index contributed by atoms with van der Waals surface area (Å²) in [7, 11) is 4.04. The Bertz CT molecular complexity index is 1640. The van der Waals surface area contributed by atoms with Crippen molar-refractivity contribution < 1.29 is 0 Å². The monoisotopic (exact) mass is 359 g/mol. The van der Waals surface area contributed by atoms with Crippen molar-refractivity contribution in [1.29, 1.82) is 5.26 Å². The maximum Gasteiger partial charge on any atom is 0.121 e. The van der Waals surface area contributed by atoms with E-state index in [-0.39, 0.29) is 0 Å². The fourth-order valence-corrected chi connectivity index (χ4v) is 4.58. The zero-order valence-electron chi connectivity index (χ0n) is 15.7. The third-order valence-electron chi connectivity index (χ3n) is 6.11. The first kappa shape index (κ1) is 15.3. The summed E-state index contributed by atoms with van der Waals surface area (Å²) in [5.41, 5.74) is 3.03. The molecule has 0 bridgehead atoms. The Morgan fingerprint density at radius 1 is 0.643 bits per heavy atom. The molecule has 0 fully saturated rings. The molecule has 6 rings (SSSR count). The lowest BCUT2D eigenvalue weighted by atomic mass is 9.95. The van der Waals surface area contributed by atoms with Gasteiger partial charge in [0.1, 0.15) is 11.8 Å². The molecule has 0 aliphatic carbocycles. The molecule has 0 aliphatic heterocycles. The molecule has 0 N–H and O–H groups in total. The second-order valence-corrected chi connectivity index (χ2v) is 7.62. The number of benzene rings is 4. The van der Waals surface area contributed by atoms with Crippen LogP contribution < -0.4 is 0 Å². The average molecular weight is 359 g/mol. The summed E-state index contributed by atoms with van der Waals surface area (Å²) in [5.74, 6) is 0. The molecule has 28 heavy (non-hydrogen) atoms. The molecule has 0 radical (unpaired) electrons. The average Bonchev–Trinajstić information content (AvgIpc) is 3.24. The fraction of sp³-hybridized carbons (Fsp3) is 0.0800. The van der Waals surface area contributed by atoms with Crippen molar-refractivity contribution in [1.82, 2.24) is 9.13 Å². The van der Waals surface area contributed by atoms with Gasteiger partial charge in [-0.3, -0.25) is 0 Å². The summed E-state index contributed by atoms with van der Waals surface area (Å²) in [6.45, 7) is 0. The first-order chi connectivity index (χ1) is 13.6. The summed E-state index contributed by atoms with van der Waals surface area (Å²) in [5, 5.41) is 19.2. The van der Waals surface area contributed by atoms with Crippen molar-refractivity contribution in [3.05, 3.63) is 72.6 Å². The lowest BCUT2D eigenvalue weighted by Crippen LogP contribution is -1.90. The molecular formula is C25H17N3. The van der Waals surface area contributed by atoms with E-state index in [1.165, 1.54) is 43.2 Å². The van der Waals surface area contributed by atoms with E-state index >= 15 is 0 Å². The van der Waals surface area contributed by atoms with Gasteiger partial charge in [0.2, 0.25) is 0 Å². The van der Waals surface area contributed by atoms with Crippen molar-refractivity contribution in [2.75, 3.05) is 0 Å². The normalized spacial score (nSPS) is 11.9. The van der Waals surface area contributed by atoms with Crippen molar-refractivity contribution in [3.8, 4) is 6.07 Å². The third kappa shape index (κ3) is 1.87. The van der Waals surface area contributed by atoms with Crippen LogP contribution in [0.4, 0.5) is 0 Å². The standard InChI is InChI=1S/C25H17N3/c1-27-8-7-17-10-22-15(12-24(17)27)3-5-21-20(22)6-4-16-13-25-18(11-23(16)21)9-19(14-26)28(25)2/h3-13H,1-2H3. The highest BCUT2D eigenvalue weighted by Gasteiger charge is 2.11. The molecule has 0 atom stereocenters. The Morgan fingerprint density at radius 3 is 1.96 bits per heavy atom. The van der Waals surface area contributed by atoms with Gasteiger partial charge in [-0.05, 0) is 68.7 Å². The Labute approximate surface area is 161 Å². The van der Waals surface area contributed by atoms with Gasteiger partial charge in [0.25, 0.3) is 0 Å². The number of nitriles is 1. The molecule has 6 aromatic rings. The summed E-state index contributed by atoms with van der Waals surface area (Å²) < 4.78 is 4.13. The molecule has 2 heterocycles. The van der Waals surface area contributed by atoms with E-state index in [9.17, 15) is 5.26 Å². The second-order valence-electron chi connectivity index (χ2n) is 7.62. The van der Waals surface area contributed by atoms with Crippen LogP contribution in [0.5, 0.6) is 0 Å². The number of hydrogen-bond donors (Lipinski definition) is 0. The van der Waals surface area contributed by atoms with Gasteiger partial charge in [-0.1, -0.05) is 24.3 Å². The van der Waals surface area contributed by atoms with Crippen LogP contribution in [0.2, 0.25) is 0 Å². The summed E-state index contributed by atoms with van der Waals surface area (Å²) in [6.07, 6.45) is 2.11. The molecule has 0 aliphatic rings. The number of hydrogen-bond acceptors (Lipinski definition) is 1. The molecular weight excluding hydrogens is 342 g/mol. The maximum absolute atomic E-state index is 9.36. The molecule has 3 heteroatoms. The summed E-state index contributed by atoms with van der Waals surface area (Å²) in [4.78, 5) is 0. The molecule has 4 aromatic carbocycles. The number of fused-ring (bicyclic) bond motifs is 7. The highest BCUT2D eigenvalue weighted by atomic mass is 14.9. The van der Waals surface area contributed by atoms with Crippen LogP contribution in [0.25, 0.3) is 54.1 Å². The molecule has 0 spiro atoms.